The molecule has 0 saturated carbocycles. The minimum Gasteiger partial charge on any atom is -0.465 e. The number of fused-ring (bicyclic) bond motifs is 2. The zero-order valence-corrected chi connectivity index (χ0v) is 17.9. The van der Waals surface area contributed by atoms with E-state index in [0.717, 1.165) is 48.7 Å². The summed E-state index contributed by atoms with van der Waals surface area (Å²) in [7, 11) is 0. The van der Waals surface area contributed by atoms with Gasteiger partial charge in [0.15, 0.2) is 0 Å². The first-order valence-electron chi connectivity index (χ1n) is 10.5. The van der Waals surface area contributed by atoms with Gasteiger partial charge in [-0.25, -0.2) is 4.98 Å². The first kappa shape index (κ1) is 19.5. The number of nitrogens with zero attached hydrogens (tertiary/aromatic N) is 3. The third kappa shape index (κ3) is 3.56. The molecule has 156 valence electrons. The van der Waals surface area contributed by atoms with Crippen molar-refractivity contribution in [3.05, 3.63) is 70.3 Å². The standard InChI is InChI=1S/C23H26N4O2S/c1-16-5-7-20(29-16)13-27-19-6-8-21(27)23(11-19,10-18-14-30-15-26-18)22(28)25-12-17-4-2-3-9-24-17/h2-5,7,9,14-15,19,21H,6,8,10-13H2,1H3,(H,25,28)/t19-,21+,23+/m1/s1. The molecule has 2 bridgehead atoms. The maximum absolute atomic E-state index is 13.6. The van der Waals surface area contributed by atoms with Gasteiger partial charge in [-0.1, -0.05) is 6.07 Å². The SMILES string of the molecule is Cc1ccc(CN2[C@@H]3CC[C@H]2[C@@](Cc2cscn2)(C(=O)NCc2ccccn2)C3)o1. The molecule has 2 aliphatic rings. The lowest BCUT2D eigenvalue weighted by Crippen LogP contribution is -2.50. The van der Waals surface area contributed by atoms with Crippen LogP contribution in [0.15, 0.2) is 51.8 Å². The number of nitrogens with one attached hydrogen (secondary N) is 1. The Kier molecular flexibility index (Phi) is 5.16. The van der Waals surface area contributed by atoms with Crippen LogP contribution in [0.1, 0.15) is 42.2 Å². The molecule has 6 nitrogen and oxygen atoms in total. The number of carbonyl (C=O) groups is 1. The van der Waals surface area contributed by atoms with Crippen molar-refractivity contribution in [3.63, 3.8) is 0 Å². The third-order valence-corrected chi connectivity index (χ3v) is 7.24. The summed E-state index contributed by atoms with van der Waals surface area (Å²) in [6.07, 6.45) is 5.47. The molecule has 0 unspecified atom stereocenters. The van der Waals surface area contributed by atoms with Gasteiger partial charge in [-0.05, 0) is 50.5 Å². The fourth-order valence-electron chi connectivity index (χ4n) is 5.31. The number of aryl methyl sites for hydroxylation is 1. The Hall–Kier alpha value is -2.51. The van der Waals surface area contributed by atoms with Crippen molar-refractivity contribution in [2.24, 2.45) is 5.41 Å². The lowest BCUT2D eigenvalue weighted by atomic mass is 9.70. The highest BCUT2D eigenvalue weighted by Gasteiger charge is 2.59. The number of carbonyl (C=O) groups excluding carboxylic acids is 1. The molecule has 0 radical (unpaired) electrons. The van der Waals surface area contributed by atoms with Gasteiger partial charge in [0.1, 0.15) is 11.5 Å². The predicted octanol–water partition coefficient (Wildman–Crippen LogP) is 3.72. The van der Waals surface area contributed by atoms with E-state index in [4.69, 9.17) is 4.42 Å². The van der Waals surface area contributed by atoms with Crippen LogP contribution in [0.4, 0.5) is 0 Å². The summed E-state index contributed by atoms with van der Waals surface area (Å²) in [4.78, 5) is 25.0. The predicted molar refractivity (Wildman–Crippen MR) is 115 cm³/mol. The molecule has 30 heavy (non-hydrogen) atoms. The largest absolute Gasteiger partial charge is 0.465 e. The van der Waals surface area contributed by atoms with Crippen molar-refractivity contribution in [1.82, 2.24) is 20.2 Å². The lowest BCUT2D eigenvalue weighted by Gasteiger charge is -2.36. The zero-order chi connectivity index (χ0) is 20.6. The molecule has 0 spiro atoms. The number of rotatable bonds is 7. The van der Waals surface area contributed by atoms with E-state index in [1.165, 1.54) is 0 Å². The number of furan rings is 1. The number of hydrogen-bond donors (Lipinski definition) is 1. The average Bonchev–Trinajstić information content (AvgIpc) is 3.54. The second-order valence-electron chi connectivity index (χ2n) is 8.45. The van der Waals surface area contributed by atoms with E-state index in [2.05, 4.69) is 31.6 Å². The first-order chi connectivity index (χ1) is 14.6. The van der Waals surface area contributed by atoms with Crippen molar-refractivity contribution in [1.29, 1.82) is 0 Å². The second kappa shape index (κ2) is 7.96. The Morgan fingerprint density at radius 3 is 2.93 bits per heavy atom. The summed E-state index contributed by atoms with van der Waals surface area (Å²) in [6, 6.07) is 10.4. The molecule has 0 aromatic carbocycles. The van der Waals surface area contributed by atoms with E-state index in [1.807, 2.05) is 36.7 Å². The Morgan fingerprint density at radius 2 is 2.20 bits per heavy atom. The van der Waals surface area contributed by atoms with Gasteiger partial charge in [0.25, 0.3) is 0 Å². The Morgan fingerprint density at radius 1 is 1.27 bits per heavy atom. The van der Waals surface area contributed by atoms with Gasteiger partial charge in [0, 0.05) is 30.1 Å². The molecule has 2 fully saturated rings. The van der Waals surface area contributed by atoms with Gasteiger partial charge >= 0.3 is 0 Å². The highest BCUT2D eigenvalue weighted by Crippen LogP contribution is 2.52. The summed E-state index contributed by atoms with van der Waals surface area (Å²) in [6.45, 7) is 3.18. The van der Waals surface area contributed by atoms with E-state index < -0.39 is 5.41 Å². The number of aromatic nitrogens is 2. The number of hydrogen-bond acceptors (Lipinski definition) is 6. The van der Waals surface area contributed by atoms with Crippen molar-refractivity contribution in [2.75, 3.05) is 0 Å². The molecular weight excluding hydrogens is 396 g/mol. The van der Waals surface area contributed by atoms with Gasteiger partial charge in [0.2, 0.25) is 5.91 Å². The van der Waals surface area contributed by atoms with Crippen LogP contribution < -0.4 is 5.32 Å². The van der Waals surface area contributed by atoms with Crippen LogP contribution >= 0.6 is 11.3 Å². The second-order valence-corrected chi connectivity index (χ2v) is 9.17. The van der Waals surface area contributed by atoms with E-state index >= 15 is 0 Å². The normalized spacial score (nSPS) is 25.6. The first-order valence-corrected chi connectivity index (χ1v) is 11.4. The molecule has 1 N–H and O–H groups in total. The maximum atomic E-state index is 13.6. The van der Waals surface area contributed by atoms with Gasteiger partial charge in [-0.3, -0.25) is 14.7 Å². The van der Waals surface area contributed by atoms with Crippen molar-refractivity contribution >= 4 is 17.2 Å². The average molecular weight is 423 g/mol. The van der Waals surface area contributed by atoms with Crippen molar-refractivity contribution in [3.8, 4) is 0 Å². The van der Waals surface area contributed by atoms with Crippen LogP contribution in [0.2, 0.25) is 0 Å². The molecule has 1 amide bonds. The summed E-state index contributed by atoms with van der Waals surface area (Å²) < 4.78 is 5.85. The summed E-state index contributed by atoms with van der Waals surface area (Å²) >= 11 is 1.59. The zero-order valence-electron chi connectivity index (χ0n) is 17.1. The van der Waals surface area contributed by atoms with Crippen molar-refractivity contribution in [2.45, 2.75) is 57.8 Å². The molecule has 3 aromatic heterocycles. The molecule has 5 rings (SSSR count). The molecule has 5 heterocycles. The van der Waals surface area contributed by atoms with Crippen LogP contribution in [0.25, 0.3) is 0 Å². The molecule has 7 heteroatoms. The van der Waals surface area contributed by atoms with Crippen LogP contribution in [-0.4, -0.2) is 32.9 Å². The number of amides is 1. The quantitative estimate of drug-likeness (QED) is 0.628. The highest BCUT2D eigenvalue weighted by molar-refractivity contribution is 7.07. The van der Waals surface area contributed by atoms with Crippen molar-refractivity contribution < 1.29 is 9.21 Å². The maximum Gasteiger partial charge on any atom is 0.228 e. The van der Waals surface area contributed by atoms with Crippen LogP contribution in [0.3, 0.4) is 0 Å². The molecule has 3 atom stereocenters. The summed E-state index contributed by atoms with van der Waals surface area (Å²) in [5.41, 5.74) is 3.27. The topological polar surface area (TPSA) is 71.3 Å². The molecule has 3 aromatic rings. The smallest absolute Gasteiger partial charge is 0.228 e. The monoisotopic (exact) mass is 422 g/mol. The lowest BCUT2D eigenvalue weighted by molar-refractivity contribution is -0.133. The third-order valence-electron chi connectivity index (χ3n) is 6.60. The summed E-state index contributed by atoms with van der Waals surface area (Å²) in [5.74, 6) is 2.02. The summed E-state index contributed by atoms with van der Waals surface area (Å²) in [5, 5.41) is 5.26. The van der Waals surface area contributed by atoms with Gasteiger partial charge in [-0.2, -0.15) is 0 Å². The number of thiazole rings is 1. The van der Waals surface area contributed by atoms with Gasteiger partial charge < -0.3 is 9.73 Å². The fourth-order valence-corrected chi connectivity index (χ4v) is 5.87. The number of pyridine rings is 1. The Labute approximate surface area is 180 Å². The van der Waals surface area contributed by atoms with Crippen LogP contribution in [0, 0.1) is 12.3 Å². The molecule has 2 aliphatic heterocycles. The fraction of sp³-hybridized carbons (Fsp3) is 0.435. The van der Waals surface area contributed by atoms with Gasteiger partial charge in [0.05, 0.1) is 35.4 Å². The van der Waals surface area contributed by atoms with E-state index in [0.29, 0.717) is 19.0 Å². The minimum atomic E-state index is -0.465. The van der Waals surface area contributed by atoms with Gasteiger partial charge in [-0.15, -0.1) is 11.3 Å². The van der Waals surface area contributed by atoms with Crippen LogP contribution in [-0.2, 0) is 24.3 Å². The molecule has 0 aliphatic carbocycles. The van der Waals surface area contributed by atoms with Crippen LogP contribution in [0.5, 0.6) is 0 Å². The Balaban J connectivity index is 1.39. The molecule has 2 saturated heterocycles. The minimum absolute atomic E-state index is 0.119. The van der Waals surface area contributed by atoms with E-state index in [-0.39, 0.29) is 11.9 Å². The highest BCUT2D eigenvalue weighted by atomic mass is 32.1. The van der Waals surface area contributed by atoms with E-state index in [9.17, 15) is 4.79 Å². The Bertz CT molecular complexity index is 1000. The molecular formula is C23H26N4O2S. The van der Waals surface area contributed by atoms with E-state index in [1.54, 1.807) is 17.5 Å².